The van der Waals surface area contributed by atoms with Gasteiger partial charge in [0.1, 0.15) is 0 Å². The number of aromatic nitrogens is 3. The lowest BCUT2D eigenvalue weighted by atomic mass is 10.1. The van der Waals surface area contributed by atoms with E-state index in [2.05, 4.69) is 30.3 Å². The number of nitrogens with zero attached hydrogens (tertiary/aromatic N) is 4. The first-order valence-corrected chi connectivity index (χ1v) is 12.6. The molecule has 2 aliphatic heterocycles. The summed E-state index contributed by atoms with van der Waals surface area (Å²) in [5, 5.41) is 14.6. The van der Waals surface area contributed by atoms with Gasteiger partial charge in [0.15, 0.2) is 5.16 Å². The Morgan fingerprint density at radius 3 is 2.70 bits per heavy atom. The van der Waals surface area contributed by atoms with Gasteiger partial charge in [0.2, 0.25) is 11.9 Å². The Hall–Kier alpha value is -2.59. The van der Waals surface area contributed by atoms with E-state index in [9.17, 15) is 9.59 Å². The summed E-state index contributed by atoms with van der Waals surface area (Å²) in [6.45, 7) is 7.30. The molecule has 3 amide bonds. The number of urea groups is 1. The molecule has 1 unspecified atom stereocenters. The van der Waals surface area contributed by atoms with Crippen molar-refractivity contribution in [2.24, 2.45) is 0 Å². The van der Waals surface area contributed by atoms with Crippen molar-refractivity contribution in [3.8, 4) is 0 Å². The predicted octanol–water partition coefficient (Wildman–Crippen LogP) is 3.50. The van der Waals surface area contributed by atoms with Crippen molar-refractivity contribution in [1.29, 1.82) is 0 Å². The normalized spacial score (nSPS) is 18.4. The molecule has 4 rings (SSSR count). The van der Waals surface area contributed by atoms with Gasteiger partial charge in [-0.25, -0.2) is 4.79 Å². The number of imide groups is 1. The molecule has 2 fully saturated rings. The monoisotopic (exact) mass is 472 g/mol. The highest BCUT2D eigenvalue weighted by Crippen LogP contribution is 2.27. The molecule has 1 aromatic carbocycles. The molecule has 0 spiro atoms. The summed E-state index contributed by atoms with van der Waals surface area (Å²) < 4.78 is 7.92. The first kappa shape index (κ1) is 23.6. The number of hydrogen-bond acceptors (Lipinski definition) is 7. The molecule has 9 nitrogen and oxygen atoms in total. The maximum atomic E-state index is 12.4. The van der Waals surface area contributed by atoms with Gasteiger partial charge < -0.3 is 15.0 Å². The van der Waals surface area contributed by atoms with Crippen molar-refractivity contribution >= 4 is 35.3 Å². The molecule has 2 aliphatic rings. The fourth-order valence-electron chi connectivity index (χ4n) is 4.27. The van der Waals surface area contributed by atoms with Crippen LogP contribution < -0.4 is 15.5 Å². The first-order valence-electron chi connectivity index (χ1n) is 11.6. The highest BCUT2D eigenvalue weighted by Gasteiger charge is 2.25. The lowest BCUT2D eigenvalue weighted by Gasteiger charge is -2.28. The number of rotatable bonds is 7. The van der Waals surface area contributed by atoms with Crippen molar-refractivity contribution in [2.75, 3.05) is 35.7 Å². The summed E-state index contributed by atoms with van der Waals surface area (Å²) in [6, 6.07) is 5.19. The standard InChI is InChI=1S/C23H32N6O3S/c1-16-8-9-19(17(2)13-16)24-21(31)25-20(30)15-33-23-27-26-22(28-10-4-3-5-11-28)29(23)14-18-7-6-12-32-18/h8-9,13,18H,3-7,10-12,14-15H2,1-2H3,(H2,24,25,30,31). The molecule has 2 N–H and O–H groups in total. The maximum Gasteiger partial charge on any atom is 0.325 e. The van der Waals surface area contributed by atoms with Crippen molar-refractivity contribution in [2.45, 2.75) is 63.8 Å². The molecule has 2 saturated heterocycles. The molecule has 1 atom stereocenters. The summed E-state index contributed by atoms with van der Waals surface area (Å²) in [5.41, 5.74) is 2.74. The molecular weight excluding hydrogens is 440 g/mol. The Morgan fingerprint density at radius 2 is 1.97 bits per heavy atom. The average molecular weight is 473 g/mol. The van der Waals surface area contributed by atoms with Gasteiger partial charge in [-0.15, -0.1) is 10.2 Å². The van der Waals surface area contributed by atoms with Gasteiger partial charge in [-0.3, -0.25) is 14.7 Å². The second-order valence-electron chi connectivity index (χ2n) is 8.69. The number of amides is 3. The maximum absolute atomic E-state index is 12.4. The van der Waals surface area contributed by atoms with E-state index in [0.717, 1.165) is 62.5 Å². The second kappa shape index (κ2) is 11.0. The molecule has 3 heterocycles. The molecule has 0 radical (unpaired) electrons. The molecule has 0 bridgehead atoms. The number of thioether (sulfide) groups is 1. The zero-order valence-corrected chi connectivity index (χ0v) is 20.1. The van der Waals surface area contributed by atoms with Crippen LogP contribution in [0.3, 0.4) is 0 Å². The Balaban J connectivity index is 1.36. The molecule has 0 saturated carbocycles. The Labute approximate surface area is 198 Å². The summed E-state index contributed by atoms with van der Waals surface area (Å²) in [6.07, 6.45) is 5.75. The van der Waals surface area contributed by atoms with Crippen molar-refractivity contribution in [3.05, 3.63) is 29.3 Å². The van der Waals surface area contributed by atoms with Crippen molar-refractivity contribution < 1.29 is 14.3 Å². The topological polar surface area (TPSA) is 101 Å². The van der Waals surface area contributed by atoms with Crippen LogP contribution in [0.5, 0.6) is 0 Å². The van der Waals surface area contributed by atoms with E-state index in [4.69, 9.17) is 4.74 Å². The lowest BCUT2D eigenvalue weighted by molar-refractivity contribution is -0.117. The fraction of sp³-hybridized carbons (Fsp3) is 0.565. The first-order chi connectivity index (χ1) is 16.0. The Morgan fingerprint density at radius 1 is 1.15 bits per heavy atom. The molecule has 33 heavy (non-hydrogen) atoms. The lowest BCUT2D eigenvalue weighted by Crippen LogP contribution is -2.35. The van der Waals surface area contributed by atoms with Crippen LogP contribution in [0, 0.1) is 13.8 Å². The number of carbonyl (C=O) groups excluding carboxylic acids is 2. The van der Waals surface area contributed by atoms with E-state index in [1.807, 2.05) is 32.0 Å². The van der Waals surface area contributed by atoms with E-state index < -0.39 is 6.03 Å². The molecule has 10 heteroatoms. The minimum absolute atomic E-state index is 0.0734. The van der Waals surface area contributed by atoms with E-state index in [-0.39, 0.29) is 17.8 Å². The third-order valence-electron chi connectivity index (χ3n) is 5.96. The highest BCUT2D eigenvalue weighted by molar-refractivity contribution is 7.99. The number of benzene rings is 1. The highest BCUT2D eigenvalue weighted by atomic mass is 32.2. The summed E-state index contributed by atoms with van der Waals surface area (Å²) >= 11 is 1.29. The quantitative estimate of drug-likeness (QED) is 0.595. The number of carbonyl (C=O) groups is 2. The molecule has 2 aromatic rings. The minimum Gasteiger partial charge on any atom is -0.376 e. The smallest absolute Gasteiger partial charge is 0.325 e. The van der Waals surface area contributed by atoms with Gasteiger partial charge in [-0.1, -0.05) is 29.5 Å². The Kier molecular flexibility index (Phi) is 7.87. The van der Waals surface area contributed by atoms with Crippen LogP contribution >= 0.6 is 11.8 Å². The summed E-state index contributed by atoms with van der Waals surface area (Å²) in [7, 11) is 0. The molecule has 0 aliphatic carbocycles. The summed E-state index contributed by atoms with van der Waals surface area (Å²) in [4.78, 5) is 27.0. The van der Waals surface area contributed by atoms with Crippen LogP contribution in [-0.2, 0) is 16.1 Å². The zero-order valence-electron chi connectivity index (χ0n) is 19.3. The molecule has 178 valence electrons. The number of aryl methyl sites for hydroxylation is 2. The largest absolute Gasteiger partial charge is 0.376 e. The van der Waals surface area contributed by atoms with E-state index >= 15 is 0 Å². The van der Waals surface area contributed by atoms with Gasteiger partial charge in [-0.2, -0.15) is 0 Å². The Bertz CT molecular complexity index is 983. The van der Waals surface area contributed by atoms with Crippen molar-refractivity contribution in [3.63, 3.8) is 0 Å². The number of piperidine rings is 1. The SMILES string of the molecule is Cc1ccc(NC(=O)NC(=O)CSc2nnc(N3CCCCC3)n2CC2CCCO2)c(C)c1. The van der Waals surface area contributed by atoms with E-state index in [1.54, 1.807) is 0 Å². The van der Waals surface area contributed by atoms with Crippen LogP contribution in [0.4, 0.5) is 16.4 Å². The average Bonchev–Trinajstić information content (AvgIpc) is 3.45. The fourth-order valence-corrected chi connectivity index (χ4v) is 5.01. The third-order valence-corrected chi connectivity index (χ3v) is 6.93. The summed E-state index contributed by atoms with van der Waals surface area (Å²) in [5.74, 6) is 0.540. The van der Waals surface area contributed by atoms with Crippen LogP contribution in [0.2, 0.25) is 0 Å². The number of nitrogens with one attached hydrogen (secondary N) is 2. The van der Waals surface area contributed by atoms with Crippen LogP contribution in [0.25, 0.3) is 0 Å². The predicted molar refractivity (Wildman–Crippen MR) is 129 cm³/mol. The third kappa shape index (κ3) is 6.26. The number of anilines is 2. The van der Waals surface area contributed by atoms with Crippen LogP contribution in [0.1, 0.15) is 43.2 Å². The second-order valence-corrected chi connectivity index (χ2v) is 9.63. The zero-order chi connectivity index (χ0) is 23.2. The molecular formula is C23H32N6O3S. The van der Waals surface area contributed by atoms with E-state index in [1.165, 1.54) is 18.2 Å². The van der Waals surface area contributed by atoms with E-state index in [0.29, 0.717) is 17.4 Å². The van der Waals surface area contributed by atoms with Crippen molar-refractivity contribution in [1.82, 2.24) is 20.1 Å². The minimum atomic E-state index is -0.539. The molecule has 1 aromatic heterocycles. The van der Waals surface area contributed by atoms with Gasteiger partial charge in [0.25, 0.3) is 0 Å². The van der Waals surface area contributed by atoms with Gasteiger partial charge >= 0.3 is 6.03 Å². The van der Waals surface area contributed by atoms with Crippen LogP contribution in [0.15, 0.2) is 23.4 Å². The number of hydrogen-bond donors (Lipinski definition) is 2. The van der Waals surface area contributed by atoms with Gasteiger partial charge in [-0.05, 0) is 57.6 Å². The van der Waals surface area contributed by atoms with Crippen LogP contribution in [-0.4, -0.2) is 58.3 Å². The number of ether oxygens (including phenoxy) is 1. The van der Waals surface area contributed by atoms with Gasteiger partial charge in [0.05, 0.1) is 18.4 Å². The van der Waals surface area contributed by atoms with Gasteiger partial charge in [0, 0.05) is 25.4 Å².